The van der Waals surface area contributed by atoms with Crippen molar-refractivity contribution in [1.29, 1.82) is 0 Å². The number of hydrogen-bond acceptors (Lipinski definition) is 0. The third kappa shape index (κ3) is 5.89. The van der Waals surface area contributed by atoms with Gasteiger partial charge < -0.3 is 0 Å². The van der Waals surface area contributed by atoms with Gasteiger partial charge in [0.05, 0.1) is 0 Å². The second-order valence-corrected chi connectivity index (χ2v) is 5.28. The van der Waals surface area contributed by atoms with Gasteiger partial charge in [0.15, 0.2) is 0 Å². The molecule has 0 saturated heterocycles. The first kappa shape index (κ1) is 14.8. The van der Waals surface area contributed by atoms with Crippen LogP contribution in [0.5, 0.6) is 0 Å². The molecular weight excluding hydrogens is 284 g/mol. The van der Waals surface area contributed by atoms with E-state index in [9.17, 15) is 0 Å². The summed E-state index contributed by atoms with van der Waals surface area (Å²) in [5, 5.41) is 0. The second-order valence-electron chi connectivity index (χ2n) is 4.16. The van der Waals surface area contributed by atoms with Gasteiger partial charge in [-0.3, -0.25) is 0 Å². The quantitative estimate of drug-likeness (QED) is 0.383. The molecule has 0 atom stereocenters. The molecule has 0 bridgehead atoms. The van der Waals surface area contributed by atoms with Gasteiger partial charge in [0, 0.05) is 12.0 Å². The number of allylic oxidation sites excluding steroid dienone is 2. The summed E-state index contributed by atoms with van der Waals surface area (Å²) in [5.74, 6) is 6.50. The molecule has 1 heteroatoms. The molecule has 0 amide bonds. The van der Waals surface area contributed by atoms with Crippen molar-refractivity contribution in [2.45, 2.75) is 32.1 Å². The molecule has 0 heterocycles. The maximum Gasteiger partial charge on any atom is 0.0277 e. The molecule has 1 aromatic carbocycles. The minimum atomic E-state index is 0.917. The van der Waals surface area contributed by atoms with E-state index in [0.29, 0.717) is 0 Å². The van der Waals surface area contributed by atoms with E-state index in [1.165, 1.54) is 5.56 Å². The fourth-order valence-corrected chi connectivity index (χ4v) is 1.92. The molecule has 0 aliphatic rings. The molecular formula is C17H19Br. The van der Waals surface area contributed by atoms with Crippen LogP contribution in [0, 0.1) is 11.8 Å². The van der Waals surface area contributed by atoms with E-state index >= 15 is 0 Å². The number of rotatable bonds is 6. The summed E-state index contributed by atoms with van der Waals surface area (Å²) in [6.45, 7) is 7.58. The minimum Gasteiger partial charge on any atom is -0.103 e. The van der Waals surface area contributed by atoms with Crippen molar-refractivity contribution in [3.8, 4) is 11.8 Å². The van der Waals surface area contributed by atoms with Gasteiger partial charge in [-0.05, 0) is 41.8 Å². The third-order valence-corrected chi connectivity index (χ3v) is 3.00. The van der Waals surface area contributed by atoms with E-state index < -0.39 is 0 Å². The standard InChI is InChI=1S/C17H19Br/c1-3-4-11-16-13-8-9-14-17(16)12-7-5-6-10-15(2)18/h3,8-9,13-14H,1-2,4-6,10-11H2. The maximum absolute atomic E-state index is 3.82. The van der Waals surface area contributed by atoms with Crippen LogP contribution in [0.3, 0.4) is 0 Å². The van der Waals surface area contributed by atoms with Crippen LogP contribution in [0.15, 0.2) is 48.0 Å². The number of hydrogen-bond donors (Lipinski definition) is 0. The number of aryl methyl sites for hydroxylation is 1. The van der Waals surface area contributed by atoms with E-state index in [2.05, 4.69) is 59.1 Å². The molecule has 18 heavy (non-hydrogen) atoms. The zero-order valence-corrected chi connectivity index (χ0v) is 12.3. The lowest BCUT2D eigenvalue weighted by Gasteiger charge is -2.01. The summed E-state index contributed by atoms with van der Waals surface area (Å²) in [6, 6.07) is 8.35. The zero-order valence-electron chi connectivity index (χ0n) is 10.7. The van der Waals surface area contributed by atoms with E-state index in [0.717, 1.165) is 42.1 Å². The monoisotopic (exact) mass is 302 g/mol. The van der Waals surface area contributed by atoms with E-state index in [-0.39, 0.29) is 0 Å². The van der Waals surface area contributed by atoms with Crippen LogP contribution < -0.4 is 0 Å². The first-order valence-electron chi connectivity index (χ1n) is 6.25. The zero-order chi connectivity index (χ0) is 13.2. The molecule has 1 rings (SSSR count). The predicted molar refractivity (Wildman–Crippen MR) is 83.8 cm³/mol. The highest BCUT2D eigenvalue weighted by Crippen LogP contribution is 2.12. The Morgan fingerprint density at radius 2 is 2.11 bits per heavy atom. The first-order chi connectivity index (χ1) is 8.74. The Bertz CT molecular complexity index is 460. The third-order valence-electron chi connectivity index (χ3n) is 2.61. The lowest BCUT2D eigenvalue weighted by molar-refractivity contribution is 0.880. The molecule has 0 spiro atoms. The van der Waals surface area contributed by atoms with Crippen molar-refractivity contribution >= 4 is 15.9 Å². The van der Waals surface area contributed by atoms with Gasteiger partial charge in [-0.2, -0.15) is 0 Å². The van der Waals surface area contributed by atoms with Crippen LogP contribution in [-0.4, -0.2) is 0 Å². The first-order valence-corrected chi connectivity index (χ1v) is 7.04. The molecule has 1 aromatic rings. The average molecular weight is 303 g/mol. The Morgan fingerprint density at radius 3 is 2.83 bits per heavy atom. The predicted octanol–water partition coefficient (Wildman–Crippen LogP) is 5.24. The number of unbranched alkanes of at least 4 members (excludes halogenated alkanes) is 1. The van der Waals surface area contributed by atoms with Gasteiger partial charge in [0.25, 0.3) is 0 Å². The SMILES string of the molecule is C=CCCc1ccccc1C#CCCCC(=C)Br. The van der Waals surface area contributed by atoms with Crippen LogP contribution in [-0.2, 0) is 6.42 Å². The summed E-state index contributed by atoms with van der Waals surface area (Å²) >= 11 is 3.36. The van der Waals surface area contributed by atoms with Crippen molar-refractivity contribution in [1.82, 2.24) is 0 Å². The smallest absolute Gasteiger partial charge is 0.0277 e. The Kier molecular flexibility index (Phi) is 7.22. The average Bonchev–Trinajstić information content (AvgIpc) is 2.36. The fourth-order valence-electron chi connectivity index (χ4n) is 1.64. The van der Waals surface area contributed by atoms with Crippen molar-refractivity contribution in [2.24, 2.45) is 0 Å². The summed E-state index contributed by atoms with van der Waals surface area (Å²) in [7, 11) is 0. The molecule has 0 aliphatic heterocycles. The lowest BCUT2D eigenvalue weighted by atomic mass is 10.0. The van der Waals surface area contributed by atoms with Crippen LogP contribution in [0.4, 0.5) is 0 Å². The molecule has 0 nitrogen and oxygen atoms in total. The highest BCUT2D eigenvalue weighted by Gasteiger charge is 1.97. The van der Waals surface area contributed by atoms with Gasteiger partial charge in [-0.1, -0.05) is 58.6 Å². The molecule has 94 valence electrons. The Labute approximate surface area is 119 Å². The molecule has 0 radical (unpaired) electrons. The summed E-state index contributed by atoms with van der Waals surface area (Å²) in [4.78, 5) is 0. The topological polar surface area (TPSA) is 0 Å². The Morgan fingerprint density at radius 1 is 1.33 bits per heavy atom. The minimum absolute atomic E-state index is 0.917. The maximum atomic E-state index is 3.82. The van der Waals surface area contributed by atoms with Crippen molar-refractivity contribution < 1.29 is 0 Å². The van der Waals surface area contributed by atoms with Gasteiger partial charge >= 0.3 is 0 Å². The molecule has 0 unspecified atom stereocenters. The van der Waals surface area contributed by atoms with Gasteiger partial charge in [-0.25, -0.2) is 0 Å². The van der Waals surface area contributed by atoms with Crippen molar-refractivity contribution in [3.05, 3.63) is 59.1 Å². The van der Waals surface area contributed by atoms with Crippen molar-refractivity contribution in [3.63, 3.8) is 0 Å². The Hall–Kier alpha value is -1.26. The van der Waals surface area contributed by atoms with E-state index in [1.54, 1.807) is 0 Å². The molecule has 0 saturated carbocycles. The van der Waals surface area contributed by atoms with Crippen molar-refractivity contribution in [2.75, 3.05) is 0 Å². The second kappa shape index (κ2) is 8.78. The molecule has 0 N–H and O–H groups in total. The van der Waals surface area contributed by atoms with Crippen LogP contribution in [0.1, 0.15) is 36.8 Å². The highest BCUT2D eigenvalue weighted by atomic mass is 79.9. The largest absolute Gasteiger partial charge is 0.103 e. The lowest BCUT2D eigenvalue weighted by Crippen LogP contribution is -1.88. The molecule has 0 fully saturated rings. The van der Waals surface area contributed by atoms with Crippen LogP contribution >= 0.6 is 15.9 Å². The van der Waals surface area contributed by atoms with Gasteiger partial charge in [0.1, 0.15) is 0 Å². The van der Waals surface area contributed by atoms with Gasteiger partial charge in [0.2, 0.25) is 0 Å². The summed E-state index contributed by atoms with van der Waals surface area (Å²) < 4.78 is 1.05. The van der Waals surface area contributed by atoms with E-state index in [4.69, 9.17) is 0 Å². The summed E-state index contributed by atoms with van der Waals surface area (Å²) in [5.41, 5.74) is 2.46. The van der Waals surface area contributed by atoms with Crippen LogP contribution in [0.25, 0.3) is 0 Å². The summed E-state index contributed by atoms with van der Waals surface area (Å²) in [6.07, 6.45) is 6.94. The molecule has 0 aliphatic carbocycles. The normalized spacial score (nSPS) is 9.39. The highest BCUT2D eigenvalue weighted by molar-refractivity contribution is 9.11. The fraction of sp³-hybridized carbons (Fsp3) is 0.294. The number of halogens is 1. The Balaban J connectivity index is 2.57. The van der Waals surface area contributed by atoms with Gasteiger partial charge in [-0.15, -0.1) is 6.58 Å². The van der Waals surface area contributed by atoms with E-state index in [1.807, 2.05) is 12.1 Å². The number of benzene rings is 1. The van der Waals surface area contributed by atoms with Crippen LogP contribution in [0.2, 0.25) is 0 Å². The molecule has 0 aromatic heterocycles.